The molecule has 5 nitrogen and oxygen atoms in total. The van der Waals surface area contributed by atoms with E-state index in [9.17, 15) is 4.79 Å². The number of carbonyl (C=O) groups is 1. The van der Waals surface area contributed by atoms with E-state index in [4.69, 9.17) is 27.6 Å². The number of nitrogens with zero attached hydrogens (tertiary/aromatic N) is 2. The number of rotatable bonds is 5. The molecular formula is C15H11Cl2N3O2S2. The number of hydrogen-bond acceptors (Lipinski definition) is 6. The molecule has 3 rings (SSSR count). The lowest BCUT2D eigenvalue weighted by Crippen LogP contribution is -2.13. The third kappa shape index (κ3) is 3.75. The minimum atomic E-state index is -0.309. The van der Waals surface area contributed by atoms with E-state index < -0.39 is 0 Å². The smallest absolute Gasteiger partial charge is 0.322 e. The van der Waals surface area contributed by atoms with Gasteiger partial charge in [0.2, 0.25) is 0 Å². The van der Waals surface area contributed by atoms with Gasteiger partial charge in [0, 0.05) is 4.90 Å². The number of thiophene rings is 1. The SMILES string of the molecule is CCSc1ccccc1C(=O)Nc1nnc(-c2cc(Cl)sc2Cl)o1. The maximum atomic E-state index is 12.4. The van der Waals surface area contributed by atoms with Crippen LogP contribution in [0.15, 0.2) is 39.6 Å². The molecule has 0 aliphatic heterocycles. The van der Waals surface area contributed by atoms with Crippen molar-refractivity contribution < 1.29 is 9.21 Å². The van der Waals surface area contributed by atoms with Crippen LogP contribution in [0, 0.1) is 0 Å². The van der Waals surface area contributed by atoms with E-state index in [1.165, 1.54) is 11.3 Å². The molecule has 1 amide bonds. The minimum Gasteiger partial charge on any atom is -0.403 e. The monoisotopic (exact) mass is 399 g/mol. The molecule has 0 atom stereocenters. The zero-order valence-corrected chi connectivity index (χ0v) is 15.5. The molecule has 24 heavy (non-hydrogen) atoms. The van der Waals surface area contributed by atoms with Crippen molar-refractivity contribution in [3.8, 4) is 11.5 Å². The average Bonchev–Trinajstić information content (AvgIpc) is 3.14. The van der Waals surface area contributed by atoms with Crippen molar-refractivity contribution in [3.63, 3.8) is 0 Å². The summed E-state index contributed by atoms with van der Waals surface area (Å²) in [4.78, 5) is 13.3. The number of anilines is 1. The fourth-order valence-corrected chi connectivity index (χ4v) is 4.22. The Morgan fingerprint density at radius 3 is 2.83 bits per heavy atom. The quantitative estimate of drug-likeness (QED) is 0.576. The summed E-state index contributed by atoms with van der Waals surface area (Å²) in [5.74, 6) is 0.762. The van der Waals surface area contributed by atoms with Crippen LogP contribution in [-0.4, -0.2) is 21.9 Å². The molecule has 0 bridgehead atoms. The predicted octanol–water partition coefficient (Wildman–Crippen LogP) is 5.47. The predicted molar refractivity (Wildman–Crippen MR) is 98.4 cm³/mol. The molecule has 0 radical (unpaired) electrons. The second-order valence-electron chi connectivity index (χ2n) is 4.53. The number of hydrogen-bond donors (Lipinski definition) is 1. The molecule has 1 aromatic carbocycles. The number of benzene rings is 1. The summed E-state index contributed by atoms with van der Waals surface area (Å²) in [5.41, 5.74) is 1.10. The lowest BCUT2D eigenvalue weighted by Gasteiger charge is -2.06. The molecule has 9 heteroatoms. The Kier molecular flexibility index (Phi) is 5.45. The van der Waals surface area contributed by atoms with Gasteiger partial charge in [0.15, 0.2) is 0 Å². The Bertz CT molecular complexity index is 879. The second-order valence-corrected chi connectivity index (χ2v) is 8.12. The summed E-state index contributed by atoms with van der Waals surface area (Å²) < 4.78 is 6.43. The van der Waals surface area contributed by atoms with Gasteiger partial charge in [-0.25, -0.2) is 0 Å². The number of amides is 1. The van der Waals surface area contributed by atoms with Gasteiger partial charge in [-0.1, -0.05) is 47.4 Å². The third-order valence-electron chi connectivity index (χ3n) is 2.96. The Balaban J connectivity index is 1.80. The number of halogens is 2. The van der Waals surface area contributed by atoms with E-state index in [2.05, 4.69) is 15.5 Å². The van der Waals surface area contributed by atoms with Crippen molar-refractivity contribution in [2.45, 2.75) is 11.8 Å². The van der Waals surface area contributed by atoms with Crippen LogP contribution in [0.4, 0.5) is 6.01 Å². The van der Waals surface area contributed by atoms with Gasteiger partial charge in [0.25, 0.3) is 11.8 Å². The van der Waals surface area contributed by atoms with Gasteiger partial charge in [0.1, 0.15) is 4.34 Å². The van der Waals surface area contributed by atoms with Crippen LogP contribution in [0.3, 0.4) is 0 Å². The maximum absolute atomic E-state index is 12.4. The zero-order valence-electron chi connectivity index (χ0n) is 12.4. The van der Waals surface area contributed by atoms with Crippen molar-refractivity contribution in [3.05, 3.63) is 44.6 Å². The van der Waals surface area contributed by atoms with E-state index in [-0.39, 0.29) is 17.8 Å². The molecule has 3 aromatic rings. The van der Waals surface area contributed by atoms with Gasteiger partial charge in [-0.3, -0.25) is 10.1 Å². The van der Waals surface area contributed by atoms with Gasteiger partial charge in [-0.05, 0) is 24.0 Å². The Morgan fingerprint density at radius 1 is 1.33 bits per heavy atom. The van der Waals surface area contributed by atoms with Crippen LogP contribution in [0.1, 0.15) is 17.3 Å². The molecule has 2 aromatic heterocycles. The number of nitrogens with one attached hydrogen (secondary N) is 1. The number of carbonyl (C=O) groups excluding carboxylic acids is 1. The first-order valence-electron chi connectivity index (χ1n) is 6.90. The first-order valence-corrected chi connectivity index (χ1v) is 9.46. The van der Waals surface area contributed by atoms with Gasteiger partial charge in [-0.15, -0.1) is 28.2 Å². The fourth-order valence-electron chi connectivity index (χ4n) is 1.97. The Labute approximate surface area is 156 Å². The summed E-state index contributed by atoms with van der Waals surface area (Å²) in [7, 11) is 0. The Morgan fingerprint density at radius 2 is 2.12 bits per heavy atom. The van der Waals surface area contributed by atoms with E-state index in [0.29, 0.717) is 19.8 Å². The van der Waals surface area contributed by atoms with Crippen LogP contribution in [0.2, 0.25) is 8.67 Å². The lowest BCUT2D eigenvalue weighted by molar-refractivity contribution is 0.102. The molecular weight excluding hydrogens is 389 g/mol. The summed E-state index contributed by atoms with van der Waals surface area (Å²) in [5, 5.41) is 10.3. The second kappa shape index (κ2) is 7.57. The largest absolute Gasteiger partial charge is 0.403 e. The molecule has 0 saturated carbocycles. The maximum Gasteiger partial charge on any atom is 0.322 e. The summed E-state index contributed by atoms with van der Waals surface area (Å²) in [6.07, 6.45) is 0. The third-order valence-corrected chi connectivity index (χ3v) is 5.41. The molecule has 124 valence electrons. The van der Waals surface area contributed by atoms with Crippen LogP contribution in [-0.2, 0) is 0 Å². The van der Waals surface area contributed by atoms with E-state index in [0.717, 1.165) is 10.6 Å². The molecule has 0 aliphatic rings. The fraction of sp³-hybridized carbons (Fsp3) is 0.133. The number of thioether (sulfide) groups is 1. The van der Waals surface area contributed by atoms with Crippen molar-refractivity contribution in [2.75, 3.05) is 11.1 Å². The van der Waals surface area contributed by atoms with E-state index in [1.807, 2.05) is 19.1 Å². The standard InChI is InChI=1S/C15H11Cl2N3O2S2/c1-2-23-10-6-4-3-5-8(10)13(21)18-15-20-19-14(22-15)9-7-11(16)24-12(9)17/h3-7H,2H2,1H3,(H,18,20,21). The van der Waals surface area contributed by atoms with Crippen molar-refractivity contribution in [1.29, 1.82) is 0 Å². The van der Waals surface area contributed by atoms with Crippen molar-refractivity contribution in [1.82, 2.24) is 10.2 Å². The van der Waals surface area contributed by atoms with E-state index >= 15 is 0 Å². The van der Waals surface area contributed by atoms with Crippen LogP contribution >= 0.6 is 46.3 Å². The minimum absolute atomic E-state index is 0.00434. The summed E-state index contributed by atoms with van der Waals surface area (Å²) in [6, 6.07) is 8.99. The normalized spacial score (nSPS) is 10.8. The van der Waals surface area contributed by atoms with Crippen LogP contribution in [0.5, 0.6) is 0 Å². The van der Waals surface area contributed by atoms with Crippen molar-refractivity contribution >= 4 is 58.2 Å². The highest BCUT2D eigenvalue weighted by atomic mass is 35.5. The van der Waals surface area contributed by atoms with Crippen LogP contribution < -0.4 is 5.32 Å². The molecule has 0 aliphatic carbocycles. The van der Waals surface area contributed by atoms with Gasteiger partial charge < -0.3 is 4.42 Å². The molecule has 0 unspecified atom stereocenters. The van der Waals surface area contributed by atoms with Gasteiger partial charge >= 0.3 is 6.01 Å². The summed E-state index contributed by atoms with van der Waals surface area (Å²) >= 11 is 14.8. The topological polar surface area (TPSA) is 68.0 Å². The Hall–Kier alpha value is -1.54. The first kappa shape index (κ1) is 17.3. The highest BCUT2D eigenvalue weighted by molar-refractivity contribution is 7.99. The highest BCUT2D eigenvalue weighted by Gasteiger charge is 2.18. The molecule has 2 heterocycles. The summed E-state index contributed by atoms with van der Waals surface area (Å²) in [6.45, 7) is 2.03. The van der Waals surface area contributed by atoms with Gasteiger partial charge in [0.05, 0.1) is 15.5 Å². The van der Waals surface area contributed by atoms with Gasteiger partial charge in [-0.2, -0.15) is 0 Å². The average molecular weight is 400 g/mol. The first-order chi connectivity index (χ1) is 11.6. The molecule has 0 fully saturated rings. The lowest BCUT2D eigenvalue weighted by atomic mass is 10.2. The van der Waals surface area contributed by atoms with E-state index in [1.54, 1.807) is 30.0 Å². The number of aromatic nitrogens is 2. The molecule has 0 spiro atoms. The molecule has 0 saturated heterocycles. The zero-order chi connectivity index (χ0) is 17.1. The van der Waals surface area contributed by atoms with Crippen molar-refractivity contribution in [2.24, 2.45) is 0 Å². The molecule has 1 N–H and O–H groups in total. The van der Waals surface area contributed by atoms with Crippen LogP contribution in [0.25, 0.3) is 11.5 Å². The highest BCUT2D eigenvalue weighted by Crippen LogP contribution is 2.37.